The molecule has 0 atom stereocenters. The number of aryl methyl sites for hydroxylation is 1. The van der Waals surface area contributed by atoms with Gasteiger partial charge in [-0.15, -0.1) is 0 Å². The van der Waals surface area contributed by atoms with E-state index in [9.17, 15) is 18.0 Å². The summed E-state index contributed by atoms with van der Waals surface area (Å²) >= 11 is 0.982. The zero-order chi connectivity index (χ0) is 12.5. The third-order valence-corrected chi connectivity index (χ3v) is 3.22. The topological polar surface area (TPSA) is 33.2 Å². The molecule has 0 saturated heterocycles. The number of thiazole rings is 1. The fourth-order valence-electron chi connectivity index (χ4n) is 1.21. The molecular weight excluding hydrogens is 241 g/mol. The Kier molecular flexibility index (Phi) is 3.57. The van der Waals surface area contributed by atoms with Crippen LogP contribution in [0.4, 0.5) is 18.3 Å². The molecule has 0 aliphatic heterocycles. The van der Waals surface area contributed by atoms with Crippen molar-refractivity contribution in [3.63, 3.8) is 0 Å². The second kappa shape index (κ2) is 4.40. The molecule has 0 aromatic carbocycles. The Morgan fingerprint density at radius 1 is 1.50 bits per heavy atom. The molecule has 0 saturated carbocycles. The Balaban J connectivity index is 2.89. The minimum Gasteiger partial charge on any atom is -0.342 e. The van der Waals surface area contributed by atoms with Crippen LogP contribution in [0.1, 0.15) is 22.3 Å². The fourth-order valence-corrected chi connectivity index (χ4v) is 2.13. The number of hydrogen-bond donors (Lipinski definition) is 0. The van der Waals surface area contributed by atoms with Gasteiger partial charge in [-0.1, -0.05) is 11.3 Å². The average Bonchev–Trinajstić information content (AvgIpc) is 2.44. The van der Waals surface area contributed by atoms with Crippen molar-refractivity contribution in [3.8, 4) is 0 Å². The summed E-state index contributed by atoms with van der Waals surface area (Å²) in [4.78, 5) is 16.5. The maximum atomic E-state index is 12.1. The first-order valence-electron chi connectivity index (χ1n) is 4.47. The van der Waals surface area contributed by atoms with Crippen molar-refractivity contribution in [3.05, 3.63) is 10.6 Å². The van der Waals surface area contributed by atoms with E-state index in [4.69, 9.17) is 0 Å². The highest BCUT2D eigenvalue weighted by atomic mass is 32.1. The first kappa shape index (κ1) is 13.0. The molecule has 1 aromatic rings. The standard InChI is InChI=1S/C9H11F3N2OS/c1-5-7(6(2)15)16-8(13-5)14(3)4-9(10,11)12/h4H2,1-3H3. The van der Waals surface area contributed by atoms with E-state index < -0.39 is 12.7 Å². The van der Waals surface area contributed by atoms with E-state index in [1.54, 1.807) is 6.92 Å². The van der Waals surface area contributed by atoms with E-state index in [0.717, 1.165) is 16.2 Å². The second-order valence-electron chi connectivity index (χ2n) is 3.44. The van der Waals surface area contributed by atoms with Gasteiger partial charge in [-0.2, -0.15) is 13.2 Å². The van der Waals surface area contributed by atoms with Crippen molar-refractivity contribution in [1.82, 2.24) is 4.98 Å². The van der Waals surface area contributed by atoms with Crippen LogP contribution in [-0.2, 0) is 0 Å². The molecule has 16 heavy (non-hydrogen) atoms. The Bertz CT molecular complexity index is 400. The highest BCUT2D eigenvalue weighted by Crippen LogP contribution is 2.27. The number of alkyl halides is 3. The lowest BCUT2D eigenvalue weighted by molar-refractivity contribution is -0.119. The highest BCUT2D eigenvalue weighted by Gasteiger charge is 2.30. The third kappa shape index (κ3) is 3.19. The maximum absolute atomic E-state index is 12.1. The predicted molar refractivity (Wildman–Crippen MR) is 56.2 cm³/mol. The van der Waals surface area contributed by atoms with Crippen LogP contribution >= 0.6 is 11.3 Å². The van der Waals surface area contributed by atoms with Gasteiger partial charge in [-0.3, -0.25) is 4.79 Å². The van der Waals surface area contributed by atoms with Gasteiger partial charge in [-0.25, -0.2) is 4.98 Å². The van der Waals surface area contributed by atoms with Crippen LogP contribution in [0, 0.1) is 6.92 Å². The largest absolute Gasteiger partial charge is 0.405 e. The minimum absolute atomic E-state index is 0.179. The van der Waals surface area contributed by atoms with Crippen LogP contribution in [0.5, 0.6) is 0 Å². The van der Waals surface area contributed by atoms with Crippen LogP contribution in [-0.4, -0.2) is 30.5 Å². The fraction of sp³-hybridized carbons (Fsp3) is 0.556. The first-order valence-corrected chi connectivity index (χ1v) is 5.28. The van der Waals surface area contributed by atoms with Crippen molar-refractivity contribution in [2.75, 3.05) is 18.5 Å². The lowest BCUT2D eigenvalue weighted by atomic mass is 10.3. The number of rotatable bonds is 3. The molecule has 0 aliphatic rings. The number of carbonyl (C=O) groups excluding carboxylic acids is 1. The zero-order valence-electron chi connectivity index (χ0n) is 9.05. The van der Waals surface area contributed by atoms with Gasteiger partial charge in [0.05, 0.1) is 10.6 Å². The van der Waals surface area contributed by atoms with Crippen molar-refractivity contribution >= 4 is 22.3 Å². The maximum Gasteiger partial charge on any atom is 0.405 e. The molecular formula is C9H11F3N2OS. The van der Waals surface area contributed by atoms with E-state index in [1.165, 1.54) is 14.0 Å². The monoisotopic (exact) mass is 252 g/mol. The zero-order valence-corrected chi connectivity index (χ0v) is 9.87. The number of aromatic nitrogens is 1. The molecule has 1 rings (SSSR count). The lowest BCUT2D eigenvalue weighted by Crippen LogP contribution is -2.30. The first-order chi connectivity index (χ1) is 7.20. The number of Topliss-reactive ketones (excluding diaryl/α,β-unsaturated/α-hetero) is 1. The van der Waals surface area contributed by atoms with Gasteiger partial charge >= 0.3 is 6.18 Å². The predicted octanol–water partition coefficient (Wildman–Crippen LogP) is 2.65. The number of carbonyl (C=O) groups is 1. The number of halogens is 3. The Labute approximate surface area is 94.9 Å². The summed E-state index contributed by atoms with van der Waals surface area (Å²) in [5.41, 5.74) is 0.474. The Morgan fingerprint density at radius 2 is 2.06 bits per heavy atom. The molecule has 0 radical (unpaired) electrons. The van der Waals surface area contributed by atoms with Gasteiger partial charge in [-0.05, 0) is 6.92 Å². The Hall–Kier alpha value is -1.11. The summed E-state index contributed by atoms with van der Waals surface area (Å²) in [5, 5.41) is 0.208. The summed E-state index contributed by atoms with van der Waals surface area (Å²) in [6.07, 6.45) is -4.27. The summed E-state index contributed by atoms with van der Waals surface area (Å²) in [6.45, 7) is 1.91. The highest BCUT2D eigenvalue weighted by molar-refractivity contribution is 7.17. The van der Waals surface area contributed by atoms with Crippen LogP contribution in [0.2, 0.25) is 0 Å². The molecule has 0 fully saturated rings. The summed E-state index contributed by atoms with van der Waals surface area (Å²) in [5.74, 6) is -0.179. The molecule has 90 valence electrons. The van der Waals surface area contributed by atoms with Crippen LogP contribution in [0.15, 0.2) is 0 Å². The van der Waals surface area contributed by atoms with E-state index in [2.05, 4.69) is 4.98 Å². The SMILES string of the molecule is CC(=O)c1sc(N(C)CC(F)(F)F)nc1C. The molecule has 1 heterocycles. The van der Waals surface area contributed by atoms with E-state index in [1.807, 2.05) is 0 Å². The van der Waals surface area contributed by atoms with Crippen LogP contribution in [0.3, 0.4) is 0 Å². The molecule has 1 aromatic heterocycles. The molecule has 0 amide bonds. The molecule has 0 aliphatic carbocycles. The number of anilines is 1. The number of hydrogen-bond acceptors (Lipinski definition) is 4. The van der Waals surface area contributed by atoms with E-state index in [-0.39, 0.29) is 10.9 Å². The van der Waals surface area contributed by atoms with Gasteiger partial charge in [0.1, 0.15) is 6.54 Å². The molecule has 0 unspecified atom stereocenters. The molecule has 3 nitrogen and oxygen atoms in total. The van der Waals surface area contributed by atoms with Gasteiger partial charge in [0, 0.05) is 14.0 Å². The van der Waals surface area contributed by atoms with Crippen molar-refractivity contribution in [2.45, 2.75) is 20.0 Å². The second-order valence-corrected chi connectivity index (χ2v) is 4.42. The van der Waals surface area contributed by atoms with Gasteiger partial charge < -0.3 is 4.90 Å². The summed E-state index contributed by atoms with van der Waals surface area (Å²) in [7, 11) is 1.30. The van der Waals surface area contributed by atoms with Crippen molar-refractivity contribution < 1.29 is 18.0 Å². The molecule has 0 N–H and O–H groups in total. The number of nitrogens with zero attached hydrogens (tertiary/aromatic N) is 2. The summed E-state index contributed by atoms with van der Waals surface area (Å²) < 4.78 is 36.4. The van der Waals surface area contributed by atoms with Crippen LogP contribution < -0.4 is 4.90 Å². The molecule has 7 heteroatoms. The van der Waals surface area contributed by atoms with E-state index in [0.29, 0.717) is 10.6 Å². The van der Waals surface area contributed by atoms with Crippen molar-refractivity contribution in [2.24, 2.45) is 0 Å². The number of ketones is 1. The minimum atomic E-state index is -4.27. The van der Waals surface area contributed by atoms with Gasteiger partial charge in [0.15, 0.2) is 10.9 Å². The lowest BCUT2D eigenvalue weighted by Gasteiger charge is -2.17. The summed E-state index contributed by atoms with van der Waals surface area (Å²) in [6, 6.07) is 0. The van der Waals surface area contributed by atoms with Gasteiger partial charge in [0.2, 0.25) is 0 Å². The molecule has 0 spiro atoms. The third-order valence-electron chi connectivity index (χ3n) is 1.85. The van der Waals surface area contributed by atoms with Gasteiger partial charge in [0.25, 0.3) is 0 Å². The smallest absolute Gasteiger partial charge is 0.342 e. The van der Waals surface area contributed by atoms with Crippen LogP contribution in [0.25, 0.3) is 0 Å². The normalized spacial score (nSPS) is 11.6. The average molecular weight is 252 g/mol. The Morgan fingerprint density at radius 3 is 2.44 bits per heavy atom. The molecule has 0 bridgehead atoms. The van der Waals surface area contributed by atoms with Crippen molar-refractivity contribution in [1.29, 1.82) is 0 Å². The van der Waals surface area contributed by atoms with E-state index >= 15 is 0 Å². The quantitative estimate of drug-likeness (QED) is 0.775.